The Bertz CT molecular complexity index is 651. The Morgan fingerprint density at radius 2 is 1.95 bits per heavy atom. The summed E-state index contributed by atoms with van der Waals surface area (Å²) in [6.45, 7) is 2.89. The van der Waals surface area contributed by atoms with Gasteiger partial charge in [-0.1, -0.05) is 36.4 Å². The van der Waals surface area contributed by atoms with E-state index >= 15 is 0 Å². The Morgan fingerprint density at radius 3 is 2.76 bits per heavy atom. The second-order valence-corrected chi connectivity index (χ2v) is 5.42. The lowest BCUT2D eigenvalue weighted by atomic mass is 9.99. The van der Waals surface area contributed by atoms with E-state index < -0.39 is 0 Å². The molecule has 0 radical (unpaired) electrons. The Kier molecular flexibility index (Phi) is 4.02. The van der Waals surface area contributed by atoms with E-state index in [2.05, 4.69) is 35.2 Å². The van der Waals surface area contributed by atoms with Gasteiger partial charge in [0.1, 0.15) is 0 Å². The Balaban J connectivity index is 1.72. The monoisotopic (exact) mass is 281 g/mol. The van der Waals surface area contributed by atoms with Crippen molar-refractivity contribution < 1.29 is 9.53 Å². The third-order valence-electron chi connectivity index (χ3n) is 3.96. The van der Waals surface area contributed by atoms with Gasteiger partial charge in [0.05, 0.1) is 12.7 Å². The fourth-order valence-corrected chi connectivity index (χ4v) is 2.86. The molecule has 1 heterocycles. The molecule has 3 heteroatoms. The molecule has 0 saturated heterocycles. The van der Waals surface area contributed by atoms with Crippen LogP contribution in [0.25, 0.3) is 0 Å². The molecule has 21 heavy (non-hydrogen) atoms. The number of nitrogens with zero attached hydrogens (tertiary/aromatic N) is 1. The molecule has 0 fully saturated rings. The minimum Gasteiger partial charge on any atom is -0.465 e. The molecular formula is C18H19NO2. The highest BCUT2D eigenvalue weighted by Crippen LogP contribution is 2.20. The van der Waals surface area contributed by atoms with Crippen LogP contribution in [0, 0.1) is 0 Å². The van der Waals surface area contributed by atoms with Gasteiger partial charge in [0.15, 0.2) is 0 Å². The van der Waals surface area contributed by atoms with Crippen LogP contribution in [-0.4, -0.2) is 24.5 Å². The summed E-state index contributed by atoms with van der Waals surface area (Å²) in [7, 11) is 1.41. The maximum atomic E-state index is 11.6. The van der Waals surface area contributed by atoms with E-state index in [1.807, 2.05) is 12.1 Å². The quantitative estimate of drug-likeness (QED) is 0.810. The third kappa shape index (κ3) is 3.14. The van der Waals surface area contributed by atoms with Gasteiger partial charge in [-0.25, -0.2) is 4.79 Å². The van der Waals surface area contributed by atoms with E-state index in [0.717, 1.165) is 31.6 Å². The van der Waals surface area contributed by atoms with Crippen molar-refractivity contribution in [3.05, 3.63) is 70.8 Å². The molecule has 0 aliphatic carbocycles. The maximum absolute atomic E-state index is 11.6. The third-order valence-corrected chi connectivity index (χ3v) is 3.96. The van der Waals surface area contributed by atoms with Gasteiger partial charge in [-0.3, -0.25) is 4.90 Å². The normalized spacial score (nSPS) is 14.5. The van der Waals surface area contributed by atoms with Crippen molar-refractivity contribution >= 4 is 5.97 Å². The molecule has 1 aliphatic heterocycles. The Hall–Kier alpha value is -2.13. The minimum absolute atomic E-state index is 0.277. The lowest BCUT2D eigenvalue weighted by Gasteiger charge is -2.28. The van der Waals surface area contributed by atoms with Crippen LogP contribution < -0.4 is 0 Å². The molecule has 0 bridgehead atoms. The van der Waals surface area contributed by atoms with Crippen molar-refractivity contribution in [3.8, 4) is 0 Å². The molecule has 108 valence electrons. The number of carbonyl (C=O) groups is 1. The van der Waals surface area contributed by atoms with Crippen molar-refractivity contribution in [2.75, 3.05) is 13.7 Å². The summed E-state index contributed by atoms with van der Waals surface area (Å²) in [4.78, 5) is 14.0. The first-order valence-corrected chi connectivity index (χ1v) is 7.22. The van der Waals surface area contributed by atoms with E-state index in [4.69, 9.17) is 4.74 Å². The zero-order valence-electron chi connectivity index (χ0n) is 12.2. The molecule has 0 atom stereocenters. The molecule has 0 aromatic heterocycles. The van der Waals surface area contributed by atoms with E-state index in [-0.39, 0.29) is 5.97 Å². The van der Waals surface area contributed by atoms with E-state index in [9.17, 15) is 4.79 Å². The second-order valence-electron chi connectivity index (χ2n) is 5.42. The molecule has 2 aromatic carbocycles. The summed E-state index contributed by atoms with van der Waals surface area (Å²) in [5.74, 6) is -0.277. The molecule has 0 N–H and O–H groups in total. The van der Waals surface area contributed by atoms with Crippen LogP contribution in [0.2, 0.25) is 0 Å². The SMILES string of the molecule is COC(=O)c1cccc(CN2CCc3ccccc3C2)c1. The van der Waals surface area contributed by atoms with Gasteiger partial charge in [-0.05, 0) is 35.2 Å². The van der Waals surface area contributed by atoms with E-state index in [0.29, 0.717) is 5.56 Å². The number of methoxy groups -OCH3 is 1. The average Bonchev–Trinajstić information content (AvgIpc) is 2.54. The zero-order chi connectivity index (χ0) is 14.7. The van der Waals surface area contributed by atoms with Crippen molar-refractivity contribution in [2.24, 2.45) is 0 Å². The summed E-state index contributed by atoms with van der Waals surface area (Å²) in [6.07, 6.45) is 1.09. The smallest absolute Gasteiger partial charge is 0.337 e. The van der Waals surface area contributed by atoms with Crippen LogP contribution in [0.5, 0.6) is 0 Å². The predicted molar refractivity (Wildman–Crippen MR) is 82.0 cm³/mol. The first-order chi connectivity index (χ1) is 10.3. The lowest BCUT2D eigenvalue weighted by molar-refractivity contribution is 0.0600. The van der Waals surface area contributed by atoms with Crippen molar-refractivity contribution in [1.82, 2.24) is 4.90 Å². The van der Waals surface area contributed by atoms with Crippen LogP contribution in [0.15, 0.2) is 48.5 Å². The van der Waals surface area contributed by atoms with Crippen LogP contribution in [0.3, 0.4) is 0 Å². The number of hydrogen-bond donors (Lipinski definition) is 0. The summed E-state index contributed by atoms with van der Waals surface area (Å²) >= 11 is 0. The minimum atomic E-state index is -0.277. The summed E-state index contributed by atoms with van der Waals surface area (Å²) in [6, 6.07) is 16.3. The molecule has 2 aromatic rings. The van der Waals surface area contributed by atoms with Crippen LogP contribution in [0.4, 0.5) is 0 Å². The fraction of sp³-hybridized carbons (Fsp3) is 0.278. The van der Waals surface area contributed by atoms with E-state index in [1.165, 1.54) is 18.2 Å². The van der Waals surface area contributed by atoms with Crippen molar-refractivity contribution in [1.29, 1.82) is 0 Å². The molecule has 3 nitrogen and oxygen atoms in total. The first kappa shape index (κ1) is 13.8. The van der Waals surface area contributed by atoms with Gasteiger partial charge in [0.25, 0.3) is 0 Å². The first-order valence-electron chi connectivity index (χ1n) is 7.22. The number of hydrogen-bond acceptors (Lipinski definition) is 3. The molecular weight excluding hydrogens is 262 g/mol. The van der Waals surface area contributed by atoms with Gasteiger partial charge in [-0.15, -0.1) is 0 Å². The van der Waals surface area contributed by atoms with Gasteiger partial charge in [0.2, 0.25) is 0 Å². The van der Waals surface area contributed by atoms with E-state index in [1.54, 1.807) is 6.07 Å². The predicted octanol–water partition coefficient (Wildman–Crippen LogP) is 3.03. The topological polar surface area (TPSA) is 29.5 Å². The summed E-state index contributed by atoms with van der Waals surface area (Å²) in [5, 5.41) is 0. The second kappa shape index (κ2) is 6.10. The molecule has 3 rings (SSSR count). The fourth-order valence-electron chi connectivity index (χ4n) is 2.86. The molecule has 0 spiro atoms. The average molecular weight is 281 g/mol. The number of carbonyl (C=O) groups excluding carboxylic acids is 1. The zero-order valence-corrected chi connectivity index (χ0v) is 12.2. The molecule has 1 aliphatic rings. The highest BCUT2D eigenvalue weighted by atomic mass is 16.5. The largest absolute Gasteiger partial charge is 0.465 e. The highest BCUT2D eigenvalue weighted by molar-refractivity contribution is 5.89. The van der Waals surface area contributed by atoms with Crippen LogP contribution in [0.1, 0.15) is 27.0 Å². The van der Waals surface area contributed by atoms with Crippen molar-refractivity contribution in [2.45, 2.75) is 19.5 Å². The standard InChI is InChI=1S/C18H19NO2/c1-21-18(20)16-8-4-5-14(11-16)12-19-10-9-15-6-2-3-7-17(15)13-19/h2-8,11H,9-10,12-13H2,1H3. The number of ether oxygens (including phenoxy) is 1. The highest BCUT2D eigenvalue weighted by Gasteiger charge is 2.16. The molecule has 0 unspecified atom stereocenters. The molecule has 0 saturated carbocycles. The van der Waals surface area contributed by atoms with Gasteiger partial charge in [-0.2, -0.15) is 0 Å². The Morgan fingerprint density at radius 1 is 1.14 bits per heavy atom. The molecule has 0 amide bonds. The van der Waals surface area contributed by atoms with Crippen LogP contribution in [-0.2, 0) is 24.2 Å². The summed E-state index contributed by atoms with van der Waals surface area (Å²) in [5.41, 5.74) is 4.63. The number of rotatable bonds is 3. The van der Waals surface area contributed by atoms with Crippen molar-refractivity contribution in [3.63, 3.8) is 0 Å². The lowest BCUT2D eigenvalue weighted by Crippen LogP contribution is -2.30. The van der Waals surface area contributed by atoms with Gasteiger partial charge >= 0.3 is 5.97 Å². The number of fused-ring (bicyclic) bond motifs is 1. The van der Waals surface area contributed by atoms with Gasteiger partial charge in [0, 0.05) is 19.6 Å². The maximum Gasteiger partial charge on any atom is 0.337 e. The van der Waals surface area contributed by atoms with Crippen LogP contribution >= 0.6 is 0 Å². The van der Waals surface area contributed by atoms with Gasteiger partial charge < -0.3 is 4.74 Å². The number of benzene rings is 2. The number of esters is 1. The Labute approximate surface area is 125 Å². The summed E-state index contributed by atoms with van der Waals surface area (Å²) < 4.78 is 4.78.